The number of imidazole rings is 1. The van der Waals surface area contributed by atoms with Crippen LogP contribution in [-0.2, 0) is 6.54 Å². The van der Waals surface area contributed by atoms with Crippen molar-refractivity contribution in [2.45, 2.75) is 32.9 Å². The first-order valence-corrected chi connectivity index (χ1v) is 7.48. The number of halogens is 2. The van der Waals surface area contributed by atoms with Gasteiger partial charge in [0.15, 0.2) is 0 Å². The molecule has 0 fully saturated rings. The Morgan fingerprint density at radius 1 is 1.30 bits per heavy atom. The summed E-state index contributed by atoms with van der Waals surface area (Å²) in [6, 6.07) is 1.58. The summed E-state index contributed by atoms with van der Waals surface area (Å²) in [5, 5.41) is 4.54. The fourth-order valence-corrected chi connectivity index (χ4v) is 2.57. The molecule has 0 amide bonds. The quantitative estimate of drug-likeness (QED) is 0.884. The Morgan fingerprint density at radius 2 is 2.10 bits per heavy atom. The number of aromatic nitrogens is 3. The monoisotopic (exact) mass is 312 g/mol. The first-order valence-electron chi connectivity index (χ1n) is 6.72. The van der Waals surface area contributed by atoms with E-state index in [0.29, 0.717) is 10.0 Å². The third-order valence-corrected chi connectivity index (χ3v) is 3.56. The number of hydrogen-bond donors (Lipinski definition) is 1. The highest BCUT2D eigenvalue weighted by atomic mass is 35.5. The summed E-state index contributed by atoms with van der Waals surface area (Å²) in [4.78, 5) is 8.83. The minimum atomic E-state index is -0.130. The van der Waals surface area contributed by atoms with Gasteiger partial charge in [-0.3, -0.25) is 4.98 Å². The van der Waals surface area contributed by atoms with Crippen LogP contribution < -0.4 is 5.32 Å². The maximum absolute atomic E-state index is 6.29. The van der Waals surface area contributed by atoms with Crippen molar-refractivity contribution >= 4 is 23.2 Å². The van der Waals surface area contributed by atoms with Gasteiger partial charge < -0.3 is 9.88 Å². The van der Waals surface area contributed by atoms with Gasteiger partial charge in [-0.05, 0) is 26.0 Å². The van der Waals surface area contributed by atoms with Crippen molar-refractivity contribution in [2.75, 3.05) is 6.54 Å². The second-order valence-electron chi connectivity index (χ2n) is 4.48. The molecule has 0 aromatic carbocycles. The highest BCUT2D eigenvalue weighted by Crippen LogP contribution is 2.27. The van der Waals surface area contributed by atoms with Crippen molar-refractivity contribution in [3.63, 3.8) is 0 Å². The molecule has 1 N–H and O–H groups in total. The van der Waals surface area contributed by atoms with E-state index in [1.807, 2.05) is 6.20 Å². The largest absolute Gasteiger partial charge is 0.334 e. The lowest BCUT2D eigenvalue weighted by atomic mass is 10.1. The van der Waals surface area contributed by atoms with E-state index in [4.69, 9.17) is 23.2 Å². The Bertz CT molecular complexity index is 568. The van der Waals surface area contributed by atoms with Crippen LogP contribution in [0.2, 0.25) is 10.0 Å². The second-order valence-corrected chi connectivity index (χ2v) is 5.32. The Morgan fingerprint density at radius 3 is 2.75 bits per heavy atom. The van der Waals surface area contributed by atoms with Gasteiger partial charge >= 0.3 is 0 Å². The van der Waals surface area contributed by atoms with E-state index in [2.05, 4.69) is 33.7 Å². The van der Waals surface area contributed by atoms with Crippen molar-refractivity contribution < 1.29 is 0 Å². The number of hydrogen-bond acceptors (Lipinski definition) is 3. The van der Waals surface area contributed by atoms with Gasteiger partial charge in [-0.1, -0.05) is 30.1 Å². The molecule has 4 nitrogen and oxygen atoms in total. The molecular formula is C14H18Cl2N4. The molecule has 2 aromatic heterocycles. The van der Waals surface area contributed by atoms with E-state index in [1.165, 1.54) is 0 Å². The first-order chi connectivity index (χ1) is 9.67. The van der Waals surface area contributed by atoms with Crippen molar-refractivity contribution in [2.24, 2.45) is 0 Å². The minimum absolute atomic E-state index is 0.130. The number of rotatable bonds is 6. The highest BCUT2D eigenvalue weighted by Gasteiger charge is 2.22. The molecule has 2 rings (SSSR count). The Labute approximate surface area is 129 Å². The molecule has 0 bridgehead atoms. The lowest BCUT2D eigenvalue weighted by Crippen LogP contribution is -2.27. The molecule has 0 aliphatic heterocycles. The first kappa shape index (κ1) is 15.3. The molecule has 2 aromatic rings. The van der Waals surface area contributed by atoms with Crippen LogP contribution >= 0.6 is 23.2 Å². The summed E-state index contributed by atoms with van der Waals surface area (Å²) in [5.74, 6) is 0.915. The molecule has 0 aliphatic carbocycles. The third-order valence-electron chi connectivity index (χ3n) is 3.05. The van der Waals surface area contributed by atoms with E-state index in [0.717, 1.165) is 31.0 Å². The van der Waals surface area contributed by atoms with Crippen LogP contribution in [-0.4, -0.2) is 21.1 Å². The summed E-state index contributed by atoms with van der Waals surface area (Å²) in [6.07, 6.45) is 6.39. The van der Waals surface area contributed by atoms with E-state index in [-0.39, 0.29) is 6.04 Å². The normalized spacial score (nSPS) is 12.6. The maximum Gasteiger partial charge on any atom is 0.132 e. The van der Waals surface area contributed by atoms with Crippen molar-refractivity contribution in [1.82, 2.24) is 19.9 Å². The van der Waals surface area contributed by atoms with Crippen molar-refractivity contribution in [1.29, 1.82) is 0 Å². The fourth-order valence-electron chi connectivity index (χ4n) is 2.08. The summed E-state index contributed by atoms with van der Waals surface area (Å²) in [6.45, 7) is 5.92. The molecular weight excluding hydrogens is 295 g/mol. The van der Waals surface area contributed by atoms with Gasteiger partial charge in [0.1, 0.15) is 11.9 Å². The van der Waals surface area contributed by atoms with Crippen LogP contribution in [0.15, 0.2) is 24.7 Å². The average Bonchev–Trinajstić information content (AvgIpc) is 2.89. The van der Waals surface area contributed by atoms with E-state index >= 15 is 0 Å². The summed E-state index contributed by atoms with van der Waals surface area (Å²) < 4.78 is 2.08. The Balaban J connectivity index is 2.41. The Kier molecular flexibility index (Phi) is 5.40. The lowest BCUT2D eigenvalue weighted by molar-refractivity contribution is 0.532. The SMILES string of the molecule is CCCNC(c1ncc(Cl)cc1Cl)c1nccn1CC. The molecule has 108 valence electrons. The molecule has 6 heteroatoms. The van der Waals surface area contributed by atoms with Gasteiger partial charge in [-0.2, -0.15) is 0 Å². The standard InChI is InChI=1S/C14H18Cl2N4/c1-3-5-17-13(14-18-6-7-20(14)4-2)12-11(16)8-10(15)9-19-12/h6-9,13,17H,3-5H2,1-2H3. The number of aryl methyl sites for hydroxylation is 1. The zero-order valence-electron chi connectivity index (χ0n) is 11.6. The van der Waals surface area contributed by atoms with Crippen LogP contribution in [0.1, 0.15) is 37.8 Å². The minimum Gasteiger partial charge on any atom is -0.334 e. The van der Waals surface area contributed by atoms with Gasteiger partial charge in [-0.25, -0.2) is 4.98 Å². The fraction of sp³-hybridized carbons (Fsp3) is 0.429. The summed E-state index contributed by atoms with van der Waals surface area (Å²) in [7, 11) is 0. The molecule has 1 atom stereocenters. The van der Waals surface area contributed by atoms with Gasteiger partial charge in [0.05, 0.1) is 15.7 Å². The second kappa shape index (κ2) is 7.07. The third kappa shape index (κ3) is 3.32. The molecule has 2 heterocycles. The zero-order chi connectivity index (χ0) is 14.5. The van der Waals surface area contributed by atoms with Crippen LogP contribution in [0, 0.1) is 0 Å². The predicted molar refractivity (Wildman–Crippen MR) is 82.3 cm³/mol. The molecule has 0 spiro atoms. The van der Waals surface area contributed by atoms with Crippen LogP contribution in [0.5, 0.6) is 0 Å². The van der Waals surface area contributed by atoms with Gasteiger partial charge in [0.25, 0.3) is 0 Å². The van der Waals surface area contributed by atoms with Gasteiger partial charge in [0, 0.05) is 25.1 Å². The molecule has 0 aliphatic rings. The highest BCUT2D eigenvalue weighted by molar-refractivity contribution is 6.34. The molecule has 0 saturated carbocycles. The summed E-state index contributed by atoms with van der Waals surface area (Å²) >= 11 is 12.2. The van der Waals surface area contributed by atoms with Crippen LogP contribution in [0.25, 0.3) is 0 Å². The maximum atomic E-state index is 6.29. The molecule has 1 unspecified atom stereocenters. The molecule has 20 heavy (non-hydrogen) atoms. The van der Waals surface area contributed by atoms with Crippen molar-refractivity contribution in [3.05, 3.63) is 46.2 Å². The van der Waals surface area contributed by atoms with Crippen molar-refractivity contribution in [3.8, 4) is 0 Å². The van der Waals surface area contributed by atoms with E-state index in [9.17, 15) is 0 Å². The van der Waals surface area contributed by atoms with E-state index in [1.54, 1.807) is 18.5 Å². The average molecular weight is 313 g/mol. The molecule has 0 saturated heterocycles. The van der Waals surface area contributed by atoms with Crippen LogP contribution in [0.4, 0.5) is 0 Å². The topological polar surface area (TPSA) is 42.7 Å². The number of pyridine rings is 1. The Hall–Kier alpha value is -1.10. The number of nitrogens with zero attached hydrogens (tertiary/aromatic N) is 3. The van der Waals surface area contributed by atoms with E-state index < -0.39 is 0 Å². The predicted octanol–water partition coefficient (Wildman–Crippen LogP) is 3.69. The number of nitrogens with one attached hydrogen (secondary N) is 1. The molecule has 0 radical (unpaired) electrons. The van der Waals surface area contributed by atoms with Crippen LogP contribution in [0.3, 0.4) is 0 Å². The smallest absolute Gasteiger partial charge is 0.132 e. The zero-order valence-corrected chi connectivity index (χ0v) is 13.1. The van der Waals surface area contributed by atoms with Gasteiger partial charge in [-0.15, -0.1) is 0 Å². The van der Waals surface area contributed by atoms with Gasteiger partial charge in [0.2, 0.25) is 0 Å². The summed E-state index contributed by atoms with van der Waals surface area (Å²) in [5.41, 5.74) is 0.755. The lowest BCUT2D eigenvalue weighted by Gasteiger charge is -2.19.